The zero-order chi connectivity index (χ0) is 20.4. The molecule has 0 spiro atoms. The van der Waals surface area contributed by atoms with Crippen molar-refractivity contribution in [2.45, 2.75) is 59.6 Å². The summed E-state index contributed by atoms with van der Waals surface area (Å²) in [5.74, 6) is -0.316. The molecule has 0 saturated carbocycles. The van der Waals surface area contributed by atoms with E-state index in [1.54, 1.807) is 4.90 Å². The number of ether oxygens (including phenoxy) is 2. The van der Waals surface area contributed by atoms with Crippen molar-refractivity contribution in [1.29, 1.82) is 0 Å². The number of benzene rings is 1. The number of hydrogen-bond donors (Lipinski definition) is 0. The molecule has 27 heavy (non-hydrogen) atoms. The predicted octanol–water partition coefficient (Wildman–Crippen LogP) is 3.79. The Balaban J connectivity index is 2.21. The van der Waals surface area contributed by atoms with Gasteiger partial charge in [-0.15, -0.1) is 0 Å². The maximum absolute atomic E-state index is 12.2. The van der Waals surface area contributed by atoms with Crippen molar-refractivity contribution < 1.29 is 19.1 Å². The highest BCUT2D eigenvalue weighted by atomic mass is 16.6. The van der Waals surface area contributed by atoms with Crippen molar-refractivity contribution in [3.8, 4) is 0 Å². The predicted molar refractivity (Wildman–Crippen MR) is 107 cm³/mol. The molecule has 0 atom stereocenters. The number of carbonyl (C=O) groups excluding carboxylic acids is 2. The van der Waals surface area contributed by atoms with E-state index < -0.39 is 5.60 Å². The van der Waals surface area contributed by atoms with Crippen LogP contribution in [0, 0.1) is 6.92 Å². The maximum Gasteiger partial charge on any atom is 0.410 e. The minimum Gasteiger partial charge on any atom is -0.465 e. The smallest absolute Gasteiger partial charge is 0.410 e. The number of carbonyl (C=O) groups is 2. The van der Waals surface area contributed by atoms with Crippen LogP contribution in [-0.4, -0.2) is 55.3 Å². The first-order valence-corrected chi connectivity index (χ1v) is 9.57. The number of likely N-dealkylation sites (N-methyl/N-ethyl adjacent to an activating group) is 1. The van der Waals surface area contributed by atoms with E-state index in [0.29, 0.717) is 18.7 Å². The molecular weight excluding hydrogens is 344 g/mol. The molecule has 0 aromatic heterocycles. The molecule has 0 unspecified atom stereocenters. The Morgan fingerprint density at radius 1 is 1.22 bits per heavy atom. The van der Waals surface area contributed by atoms with E-state index in [0.717, 1.165) is 29.8 Å². The number of esters is 1. The summed E-state index contributed by atoms with van der Waals surface area (Å²) in [6.07, 6.45) is 0.563. The lowest BCUT2D eigenvalue weighted by Gasteiger charge is -2.46. The molecule has 0 bridgehead atoms. The fourth-order valence-electron chi connectivity index (χ4n) is 3.33. The molecule has 1 aliphatic heterocycles. The number of aryl methyl sites for hydroxylation is 1. The third-order valence-corrected chi connectivity index (χ3v) is 4.86. The molecule has 2 rings (SSSR count). The summed E-state index contributed by atoms with van der Waals surface area (Å²) in [6, 6.07) is 4.26. The van der Waals surface area contributed by atoms with Crippen LogP contribution >= 0.6 is 0 Å². The number of likely N-dealkylation sites (tertiary alicyclic amines) is 1. The van der Waals surface area contributed by atoms with Gasteiger partial charge in [0.15, 0.2) is 0 Å². The second kappa shape index (κ2) is 8.19. The van der Waals surface area contributed by atoms with E-state index in [2.05, 4.69) is 24.8 Å². The molecule has 6 nitrogen and oxygen atoms in total. The standard InChI is InChI=1S/C21H32N2O4/c1-8-15-10-17(19(24)26-7)14(3)18(11-15)23(9-2)16-12-22(13-16)20(25)27-21(4,5)6/h10-11,16H,8-9,12-13H2,1-7H3. The molecule has 0 aliphatic carbocycles. The second-order valence-electron chi connectivity index (χ2n) is 7.96. The normalized spacial score (nSPS) is 14.6. The Kier molecular flexibility index (Phi) is 6.39. The second-order valence-corrected chi connectivity index (χ2v) is 7.96. The van der Waals surface area contributed by atoms with Gasteiger partial charge in [-0.2, -0.15) is 0 Å². The Morgan fingerprint density at radius 3 is 2.33 bits per heavy atom. The first-order chi connectivity index (χ1) is 12.6. The largest absolute Gasteiger partial charge is 0.465 e. The highest BCUT2D eigenvalue weighted by Crippen LogP contribution is 2.31. The van der Waals surface area contributed by atoms with Crippen LogP contribution in [0.25, 0.3) is 0 Å². The lowest BCUT2D eigenvalue weighted by Crippen LogP contribution is -2.62. The summed E-state index contributed by atoms with van der Waals surface area (Å²) in [5, 5.41) is 0. The van der Waals surface area contributed by atoms with Gasteiger partial charge in [0.05, 0.1) is 18.7 Å². The highest BCUT2D eigenvalue weighted by molar-refractivity contribution is 5.93. The van der Waals surface area contributed by atoms with Gasteiger partial charge in [-0.3, -0.25) is 0 Å². The van der Waals surface area contributed by atoms with Gasteiger partial charge >= 0.3 is 12.1 Å². The van der Waals surface area contributed by atoms with Crippen molar-refractivity contribution in [2.24, 2.45) is 0 Å². The van der Waals surface area contributed by atoms with Crippen LogP contribution in [0.2, 0.25) is 0 Å². The van der Waals surface area contributed by atoms with Crippen molar-refractivity contribution in [2.75, 3.05) is 31.6 Å². The van der Waals surface area contributed by atoms with Gasteiger partial charge in [0.25, 0.3) is 0 Å². The minimum absolute atomic E-state index is 0.207. The average molecular weight is 376 g/mol. The van der Waals surface area contributed by atoms with E-state index in [-0.39, 0.29) is 18.1 Å². The van der Waals surface area contributed by atoms with Gasteiger partial charge in [0, 0.05) is 25.3 Å². The van der Waals surface area contributed by atoms with Gasteiger partial charge < -0.3 is 19.3 Å². The van der Waals surface area contributed by atoms with Crippen LogP contribution in [0.1, 0.15) is 56.1 Å². The Labute approximate surface area is 162 Å². The number of rotatable bonds is 5. The lowest BCUT2D eigenvalue weighted by molar-refractivity contribution is 0.00817. The van der Waals surface area contributed by atoms with Crippen molar-refractivity contribution in [3.63, 3.8) is 0 Å². The Bertz CT molecular complexity index is 703. The van der Waals surface area contributed by atoms with Crippen molar-refractivity contribution in [3.05, 3.63) is 28.8 Å². The van der Waals surface area contributed by atoms with Crippen molar-refractivity contribution >= 4 is 17.7 Å². The Hall–Kier alpha value is -2.24. The number of nitrogens with zero attached hydrogens (tertiary/aromatic N) is 2. The van der Waals surface area contributed by atoms with Crippen molar-refractivity contribution in [1.82, 2.24) is 4.90 Å². The number of amides is 1. The molecule has 1 aromatic rings. The monoisotopic (exact) mass is 376 g/mol. The van der Waals surface area contributed by atoms with E-state index >= 15 is 0 Å². The van der Waals surface area contributed by atoms with E-state index in [1.807, 2.05) is 33.8 Å². The minimum atomic E-state index is -0.492. The molecule has 1 aromatic carbocycles. The fourth-order valence-corrected chi connectivity index (χ4v) is 3.33. The van der Waals surface area contributed by atoms with E-state index in [4.69, 9.17) is 9.47 Å². The van der Waals surface area contributed by atoms with Gasteiger partial charge in [-0.1, -0.05) is 6.92 Å². The molecule has 150 valence electrons. The third kappa shape index (κ3) is 4.73. The third-order valence-electron chi connectivity index (χ3n) is 4.86. The summed E-state index contributed by atoms with van der Waals surface area (Å²) in [5.41, 5.74) is 3.16. The summed E-state index contributed by atoms with van der Waals surface area (Å²) < 4.78 is 10.4. The van der Waals surface area contributed by atoms with Crippen LogP contribution in [0.5, 0.6) is 0 Å². The molecule has 0 N–H and O–H groups in total. The number of methoxy groups -OCH3 is 1. The molecule has 1 amide bonds. The summed E-state index contributed by atoms with van der Waals surface area (Å²) in [6.45, 7) is 13.7. The SMILES string of the molecule is CCc1cc(C(=O)OC)c(C)c(N(CC)C2CN(C(=O)OC(C)(C)C)C2)c1. The van der Waals surface area contributed by atoms with Crippen LogP contribution < -0.4 is 4.90 Å². The van der Waals surface area contributed by atoms with Crippen LogP contribution in [0.4, 0.5) is 10.5 Å². The molecule has 1 aliphatic rings. The highest BCUT2D eigenvalue weighted by Gasteiger charge is 2.37. The quantitative estimate of drug-likeness (QED) is 0.732. The summed E-state index contributed by atoms with van der Waals surface area (Å²) >= 11 is 0. The summed E-state index contributed by atoms with van der Waals surface area (Å²) in [7, 11) is 1.41. The zero-order valence-corrected chi connectivity index (χ0v) is 17.6. The first kappa shape index (κ1) is 21.1. The van der Waals surface area contributed by atoms with Gasteiger partial charge in [-0.05, 0) is 64.3 Å². The van der Waals surface area contributed by atoms with Crippen LogP contribution in [-0.2, 0) is 15.9 Å². The molecule has 1 saturated heterocycles. The molecule has 0 radical (unpaired) electrons. The molecule has 1 heterocycles. The lowest BCUT2D eigenvalue weighted by atomic mass is 9.98. The van der Waals surface area contributed by atoms with Crippen LogP contribution in [0.15, 0.2) is 12.1 Å². The zero-order valence-electron chi connectivity index (χ0n) is 17.6. The molecular formula is C21H32N2O4. The van der Waals surface area contributed by atoms with Gasteiger partial charge in [0.2, 0.25) is 0 Å². The van der Waals surface area contributed by atoms with Crippen LogP contribution in [0.3, 0.4) is 0 Å². The topological polar surface area (TPSA) is 59.1 Å². The molecule has 6 heteroatoms. The van der Waals surface area contributed by atoms with Gasteiger partial charge in [0.1, 0.15) is 5.60 Å². The maximum atomic E-state index is 12.2. The fraction of sp³-hybridized carbons (Fsp3) is 0.619. The molecule has 1 fully saturated rings. The van der Waals surface area contributed by atoms with Gasteiger partial charge in [-0.25, -0.2) is 9.59 Å². The number of hydrogen-bond acceptors (Lipinski definition) is 5. The number of anilines is 1. The van der Waals surface area contributed by atoms with E-state index in [9.17, 15) is 9.59 Å². The average Bonchev–Trinajstić information content (AvgIpc) is 2.55. The van der Waals surface area contributed by atoms with E-state index in [1.165, 1.54) is 7.11 Å². The Morgan fingerprint density at radius 2 is 1.85 bits per heavy atom. The summed E-state index contributed by atoms with van der Waals surface area (Å²) in [4.78, 5) is 28.4. The first-order valence-electron chi connectivity index (χ1n) is 9.57.